The molecule has 0 aromatic heterocycles. The van der Waals surface area contributed by atoms with E-state index in [-0.39, 0.29) is 6.10 Å². The fourth-order valence-electron chi connectivity index (χ4n) is 10.3. The summed E-state index contributed by atoms with van der Waals surface area (Å²) in [5.41, 5.74) is 2.59. The van der Waals surface area contributed by atoms with Gasteiger partial charge in [0, 0.05) is 17.2 Å². The van der Waals surface area contributed by atoms with Crippen LogP contribution in [0, 0.1) is 46.3 Å². The van der Waals surface area contributed by atoms with Crippen LogP contribution in [-0.4, -0.2) is 11.2 Å². The summed E-state index contributed by atoms with van der Waals surface area (Å²) >= 11 is 0. The standard InChI is InChI=1S/C37H52O2/c1-24(2)9-8-10-25(3)31-15-16-32-30-14-13-26-23-27(19-21-36(26,4)33(30)20-22-37(31,32)5)39-35-18-17-34(38)28-11-6-7-12-29(28)35/h6-7,11-13,17-18,24-25,27,30-33,38H,8-10,14-16,19-23H2,1-5H3/t25-,27+,30+,31-,32+,33+,36+,37-/m1/s1. The van der Waals surface area contributed by atoms with E-state index in [1.165, 1.54) is 57.8 Å². The lowest BCUT2D eigenvalue weighted by atomic mass is 9.47. The van der Waals surface area contributed by atoms with Crippen LogP contribution in [0.25, 0.3) is 10.8 Å². The summed E-state index contributed by atoms with van der Waals surface area (Å²) in [6.07, 6.45) is 17.7. The number of aromatic hydroxyl groups is 1. The summed E-state index contributed by atoms with van der Waals surface area (Å²) in [5.74, 6) is 6.54. The summed E-state index contributed by atoms with van der Waals surface area (Å²) < 4.78 is 6.67. The highest BCUT2D eigenvalue weighted by molar-refractivity contribution is 5.92. The maximum atomic E-state index is 10.3. The smallest absolute Gasteiger partial charge is 0.127 e. The van der Waals surface area contributed by atoms with E-state index in [1.807, 2.05) is 24.3 Å². The fraction of sp³-hybridized carbons (Fsp3) is 0.676. The lowest BCUT2D eigenvalue weighted by Gasteiger charge is -2.58. The van der Waals surface area contributed by atoms with E-state index in [0.717, 1.165) is 64.9 Å². The Morgan fingerprint density at radius 1 is 0.897 bits per heavy atom. The number of benzene rings is 2. The molecule has 2 nitrogen and oxygen atoms in total. The molecule has 0 spiro atoms. The van der Waals surface area contributed by atoms with Gasteiger partial charge in [-0.25, -0.2) is 0 Å². The molecule has 3 fully saturated rings. The SMILES string of the molecule is CC(C)CCC[C@@H](C)[C@H]1CC[C@H]2[C@@H]3CC=C4C[C@@H](Oc5ccc(O)c6ccccc56)CC[C@]4(C)[C@H]3CC[C@]12C. The Morgan fingerprint density at radius 3 is 2.49 bits per heavy atom. The average molecular weight is 529 g/mol. The molecule has 4 aliphatic rings. The van der Waals surface area contributed by atoms with Gasteiger partial charge in [0.05, 0.1) is 0 Å². The van der Waals surface area contributed by atoms with E-state index in [1.54, 1.807) is 11.6 Å². The highest BCUT2D eigenvalue weighted by atomic mass is 16.5. The molecular formula is C37H52O2. The Balaban J connectivity index is 1.16. The molecule has 0 amide bonds. The second kappa shape index (κ2) is 10.5. The summed E-state index contributed by atoms with van der Waals surface area (Å²) in [4.78, 5) is 0. The van der Waals surface area contributed by atoms with Crippen molar-refractivity contribution in [3.63, 3.8) is 0 Å². The van der Waals surface area contributed by atoms with Gasteiger partial charge in [0.1, 0.15) is 17.6 Å². The maximum Gasteiger partial charge on any atom is 0.127 e. The average Bonchev–Trinajstić information content (AvgIpc) is 3.27. The van der Waals surface area contributed by atoms with Gasteiger partial charge in [-0.3, -0.25) is 0 Å². The molecule has 6 rings (SSSR count). The fourth-order valence-corrected chi connectivity index (χ4v) is 10.3. The lowest BCUT2D eigenvalue weighted by Crippen LogP contribution is -2.51. The predicted octanol–water partition coefficient (Wildman–Crippen LogP) is 10.3. The van der Waals surface area contributed by atoms with Crippen LogP contribution in [0.1, 0.15) is 105 Å². The van der Waals surface area contributed by atoms with E-state index in [0.29, 0.717) is 16.6 Å². The molecule has 0 aliphatic heterocycles. The largest absolute Gasteiger partial charge is 0.507 e. The first kappa shape index (κ1) is 27.2. The Morgan fingerprint density at radius 2 is 1.69 bits per heavy atom. The van der Waals surface area contributed by atoms with Crippen LogP contribution in [-0.2, 0) is 0 Å². The van der Waals surface area contributed by atoms with E-state index >= 15 is 0 Å². The zero-order chi connectivity index (χ0) is 27.4. The van der Waals surface area contributed by atoms with Crippen LogP contribution >= 0.6 is 0 Å². The summed E-state index contributed by atoms with van der Waals surface area (Å²) in [6.45, 7) is 12.7. The van der Waals surface area contributed by atoms with Crippen LogP contribution in [0.2, 0.25) is 0 Å². The first-order valence-corrected chi connectivity index (χ1v) is 16.3. The van der Waals surface area contributed by atoms with Gasteiger partial charge in [-0.2, -0.15) is 0 Å². The minimum Gasteiger partial charge on any atom is -0.507 e. The molecule has 2 heteroatoms. The maximum absolute atomic E-state index is 10.3. The molecule has 0 bridgehead atoms. The van der Waals surface area contributed by atoms with E-state index in [4.69, 9.17) is 4.74 Å². The summed E-state index contributed by atoms with van der Waals surface area (Å²) in [6, 6.07) is 11.8. The summed E-state index contributed by atoms with van der Waals surface area (Å²) in [5, 5.41) is 12.2. The topological polar surface area (TPSA) is 29.5 Å². The minimum atomic E-state index is 0.227. The van der Waals surface area contributed by atoms with Crippen LogP contribution in [0.5, 0.6) is 11.5 Å². The van der Waals surface area contributed by atoms with E-state index < -0.39 is 0 Å². The van der Waals surface area contributed by atoms with Gasteiger partial charge >= 0.3 is 0 Å². The van der Waals surface area contributed by atoms with Crippen molar-refractivity contribution in [2.45, 2.75) is 111 Å². The number of phenolic OH excluding ortho intramolecular Hbond substituents is 1. The van der Waals surface area contributed by atoms with E-state index in [9.17, 15) is 5.11 Å². The van der Waals surface area contributed by atoms with Crippen LogP contribution < -0.4 is 4.74 Å². The van der Waals surface area contributed by atoms with Crippen molar-refractivity contribution in [2.24, 2.45) is 46.3 Å². The molecule has 4 aliphatic carbocycles. The molecule has 0 unspecified atom stereocenters. The zero-order valence-electron chi connectivity index (χ0n) is 25.2. The molecule has 3 saturated carbocycles. The number of fused-ring (bicyclic) bond motifs is 6. The Kier molecular flexibility index (Phi) is 7.30. The number of allylic oxidation sites excluding steroid dienone is 1. The van der Waals surface area contributed by atoms with Gasteiger partial charge in [0.2, 0.25) is 0 Å². The molecule has 2 aromatic carbocycles. The monoisotopic (exact) mass is 528 g/mol. The summed E-state index contributed by atoms with van der Waals surface area (Å²) in [7, 11) is 0. The van der Waals surface area contributed by atoms with Crippen molar-refractivity contribution in [1.29, 1.82) is 0 Å². The second-order valence-electron chi connectivity index (χ2n) is 14.9. The van der Waals surface area contributed by atoms with Crippen LogP contribution in [0.15, 0.2) is 48.0 Å². The number of phenols is 1. The first-order chi connectivity index (χ1) is 18.7. The molecule has 0 saturated heterocycles. The number of ether oxygens (including phenoxy) is 1. The first-order valence-electron chi connectivity index (χ1n) is 16.3. The molecule has 39 heavy (non-hydrogen) atoms. The zero-order valence-corrected chi connectivity index (χ0v) is 25.2. The molecule has 212 valence electrons. The van der Waals surface area contributed by atoms with Crippen molar-refractivity contribution in [3.8, 4) is 11.5 Å². The van der Waals surface area contributed by atoms with Crippen molar-refractivity contribution in [3.05, 3.63) is 48.0 Å². The van der Waals surface area contributed by atoms with Gasteiger partial charge in [0.25, 0.3) is 0 Å². The quantitative estimate of drug-likeness (QED) is 0.362. The van der Waals surface area contributed by atoms with Crippen molar-refractivity contribution < 1.29 is 9.84 Å². The highest BCUT2D eigenvalue weighted by Crippen LogP contribution is 2.67. The number of hydrogen-bond acceptors (Lipinski definition) is 2. The predicted molar refractivity (Wildman–Crippen MR) is 163 cm³/mol. The van der Waals surface area contributed by atoms with Crippen molar-refractivity contribution in [2.75, 3.05) is 0 Å². The van der Waals surface area contributed by atoms with Gasteiger partial charge in [-0.05, 0) is 103 Å². The third-order valence-electron chi connectivity index (χ3n) is 12.4. The molecule has 0 heterocycles. The highest BCUT2D eigenvalue weighted by Gasteiger charge is 2.59. The Bertz CT molecular complexity index is 1210. The van der Waals surface area contributed by atoms with Crippen LogP contribution in [0.3, 0.4) is 0 Å². The van der Waals surface area contributed by atoms with E-state index in [2.05, 4.69) is 46.8 Å². The molecule has 8 atom stereocenters. The van der Waals surface area contributed by atoms with Crippen molar-refractivity contribution in [1.82, 2.24) is 0 Å². The lowest BCUT2D eigenvalue weighted by molar-refractivity contribution is -0.0558. The number of hydrogen-bond donors (Lipinski definition) is 1. The molecular weight excluding hydrogens is 476 g/mol. The third kappa shape index (κ3) is 4.72. The second-order valence-corrected chi connectivity index (χ2v) is 14.9. The number of rotatable bonds is 7. The van der Waals surface area contributed by atoms with Crippen LogP contribution in [0.4, 0.5) is 0 Å². The van der Waals surface area contributed by atoms with Gasteiger partial charge in [-0.1, -0.05) is 89.8 Å². The third-order valence-corrected chi connectivity index (χ3v) is 12.4. The molecule has 0 radical (unpaired) electrons. The van der Waals surface area contributed by atoms with Crippen molar-refractivity contribution >= 4 is 10.8 Å². The Labute approximate surface area is 237 Å². The minimum absolute atomic E-state index is 0.227. The molecule has 2 aromatic rings. The normalized spacial score (nSPS) is 36.7. The van der Waals surface area contributed by atoms with Gasteiger partial charge in [-0.15, -0.1) is 0 Å². The Hall–Kier alpha value is -1.96. The van der Waals surface area contributed by atoms with Gasteiger partial charge in [0.15, 0.2) is 0 Å². The van der Waals surface area contributed by atoms with Gasteiger partial charge < -0.3 is 9.84 Å². The molecule has 1 N–H and O–H groups in total.